The lowest BCUT2D eigenvalue weighted by atomic mass is 9.95. The lowest BCUT2D eigenvalue weighted by Crippen LogP contribution is -2.10. The fourth-order valence-electron chi connectivity index (χ4n) is 2.24. The Labute approximate surface area is 102 Å². The number of hydrogen-bond donors (Lipinski definition) is 2. The highest BCUT2D eigenvalue weighted by Gasteiger charge is 2.13. The van der Waals surface area contributed by atoms with E-state index in [2.05, 4.69) is 6.92 Å². The Morgan fingerprint density at radius 3 is 2.71 bits per heavy atom. The van der Waals surface area contributed by atoms with Crippen molar-refractivity contribution in [3.8, 4) is 5.75 Å². The second-order valence-corrected chi connectivity index (χ2v) is 4.47. The van der Waals surface area contributed by atoms with Crippen molar-refractivity contribution in [2.75, 3.05) is 0 Å². The number of benzene rings is 2. The average Bonchev–Trinajstić information content (AvgIpc) is 2.35. The van der Waals surface area contributed by atoms with Crippen LogP contribution in [0.15, 0.2) is 36.4 Å². The predicted molar refractivity (Wildman–Crippen MR) is 72.1 cm³/mol. The molecule has 2 aromatic rings. The molecular formula is C15H19NO. The maximum Gasteiger partial charge on any atom is 0.120 e. The molecular weight excluding hydrogens is 210 g/mol. The highest BCUT2D eigenvalue weighted by atomic mass is 16.3. The van der Waals surface area contributed by atoms with Crippen LogP contribution in [0.5, 0.6) is 5.75 Å². The van der Waals surface area contributed by atoms with E-state index in [0.717, 1.165) is 35.6 Å². The number of phenolic OH excluding ortho intramolecular Hbond substituents is 1. The minimum atomic E-state index is -0.0824. The van der Waals surface area contributed by atoms with E-state index in [9.17, 15) is 5.11 Å². The van der Waals surface area contributed by atoms with Crippen molar-refractivity contribution in [3.05, 3.63) is 42.0 Å². The molecule has 2 rings (SSSR count). The molecule has 0 unspecified atom stereocenters. The quantitative estimate of drug-likeness (QED) is 0.839. The third kappa shape index (κ3) is 2.42. The zero-order chi connectivity index (χ0) is 12.3. The first-order valence-electron chi connectivity index (χ1n) is 6.20. The van der Waals surface area contributed by atoms with E-state index >= 15 is 0 Å². The summed E-state index contributed by atoms with van der Waals surface area (Å²) in [5, 5.41) is 12.2. The molecule has 0 aliphatic heterocycles. The van der Waals surface area contributed by atoms with Gasteiger partial charge in [-0.15, -0.1) is 0 Å². The van der Waals surface area contributed by atoms with Gasteiger partial charge in [0.05, 0.1) is 0 Å². The second-order valence-electron chi connectivity index (χ2n) is 4.47. The molecule has 0 aromatic heterocycles. The summed E-state index contributed by atoms with van der Waals surface area (Å²) in [6, 6.07) is 11.6. The minimum absolute atomic E-state index is 0.0824. The predicted octanol–water partition coefficient (Wildman–Crippen LogP) is 3.74. The van der Waals surface area contributed by atoms with Gasteiger partial charge >= 0.3 is 0 Å². The van der Waals surface area contributed by atoms with Gasteiger partial charge in [0.2, 0.25) is 0 Å². The molecule has 17 heavy (non-hydrogen) atoms. The normalized spacial score (nSPS) is 12.8. The van der Waals surface area contributed by atoms with Crippen LogP contribution < -0.4 is 5.73 Å². The van der Waals surface area contributed by atoms with E-state index in [4.69, 9.17) is 5.73 Å². The molecule has 0 fully saturated rings. The van der Waals surface area contributed by atoms with Crippen molar-refractivity contribution in [1.82, 2.24) is 0 Å². The van der Waals surface area contributed by atoms with Gasteiger partial charge < -0.3 is 10.8 Å². The summed E-state index contributed by atoms with van der Waals surface area (Å²) in [6.45, 7) is 2.15. The van der Waals surface area contributed by atoms with Crippen LogP contribution in [0.1, 0.15) is 37.8 Å². The zero-order valence-corrected chi connectivity index (χ0v) is 10.2. The number of nitrogens with two attached hydrogens (primary N) is 1. The van der Waals surface area contributed by atoms with Gasteiger partial charge in [0, 0.05) is 11.6 Å². The summed E-state index contributed by atoms with van der Waals surface area (Å²) in [7, 11) is 0. The molecule has 3 N–H and O–H groups in total. The molecule has 90 valence electrons. The number of rotatable bonds is 4. The third-order valence-corrected chi connectivity index (χ3v) is 3.19. The smallest absolute Gasteiger partial charge is 0.120 e. The molecule has 0 amide bonds. The molecule has 0 saturated carbocycles. The van der Waals surface area contributed by atoms with Gasteiger partial charge in [0.1, 0.15) is 5.75 Å². The summed E-state index contributed by atoms with van der Waals surface area (Å²) >= 11 is 0. The Kier molecular flexibility index (Phi) is 3.64. The lowest BCUT2D eigenvalue weighted by Gasteiger charge is -2.16. The third-order valence-electron chi connectivity index (χ3n) is 3.19. The fraction of sp³-hybridized carbons (Fsp3) is 0.333. The van der Waals surface area contributed by atoms with Crippen molar-refractivity contribution >= 4 is 10.8 Å². The molecule has 2 aromatic carbocycles. The van der Waals surface area contributed by atoms with Crippen LogP contribution in [0.25, 0.3) is 10.8 Å². The molecule has 0 spiro atoms. The van der Waals surface area contributed by atoms with Gasteiger partial charge in [-0.2, -0.15) is 0 Å². The number of aromatic hydroxyl groups is 1. The first kappa shape index (κ1) is 11.9. The van der Waals surface area contributed by atoms with Gasteiger partial charge in [0.25, 0.3) is 0 Å². The molecule has 1 atom stereocenters. The van der Waals surface area contributed by atoms with Crippen LogP contribution in [-0.4, -0.2) is 5.11 Å². The second kappa shape index (κ2) is 5.19. The maximum absolute atomic E-state index is 10.00. The molecule has 0 radical (unpaired) electrons. The number of phenols is 1. The van der Waals surface area contributed by atoms with Gasteiger partial charge in [0.15, 0.2) is 0 Å². The number of fused-ring (bicyclic) bond motifs is 1. The molecule has 2 nitrogen and oxygen atoms in total. The van der Waals surface area contributed by atoms with Crippen molar-refractivity contribution in [2.24, 2.45) is 5.73 Å². The Morgan fingerprint density at radius 1 is 1.18 bits per heavy atom. The highest BCUT2D eigenvalue weighted by Crippen LogP contribution is 2.33. The summed E-state index contributed by atoms with van der Waals surface area (Å²) < 4.78 is 0. The van der Waals surface area contributed by atoms with Crippen molar-refractivity contribution in [1.29, 1.82) is 0 Å². The van der Waals surface area contributed by atoms with Crippen molar-refractivity contribution in [3.63, 3.8) is 0 Å². The molecule has 0 heterocycles. The van der Waals surface area contributed by atoms with Crippen LogP contribution >= 0.6 is 0 Å². The van der Waals surface area contributed by atoms with E-state index in [-0.39, 0.29) is 6.04 Å². The summed E-state index contributed by atoms with van der Waals surface area (Å²) in [4.78, 5) is 0. The van der Waals surface area contributed by atoms with Crippen LogP contribution in [0.4, 0.5) is 0 Å². The van der Waals surface area contributed by atoms with Gasteiger partial charge in [-0.25, -0.2) is 0 Å². The molecule has 0 saturated heterocycles. The average molecular weight is 229 g/mol. The van der Waals surface area contributed by atoms with E-state index in [1.807, 2.05) is 30.3 Å². The Bertz CT molecular complexity index is 507. The fourth-order valence-corrected chi connectivity index (χ4v) is 2.24. The van der Waals surface area contributed by atoms with E-state index in [1.54, 1.807) is 6.07 Å². The summed E-state index contributed by atoms with van der Waals surface area (Å²) in [6.07, 6.45) is 3.13. The Hall–Kier alpha value is -1.54. The van der Waals surface area contributed by atoms with Gasteiger partial charge in [-0.05, 0) is 23.3 Å². The Morgan fingerprint density at radius 2 is 1.94 bits per heavy atom. The van der Waals surface area contributed by atoms with E-state index < -0.39 is 0 Å². The van der Waals surface area contributed by atoms with Gasteiger partial charge in [-0.1, -0.05) is 50.1 Å². The van der Waals surface area contributed by atoms with E-state index in [0.29, 0.717) is 5.75 Å². The van der Waals surface area contributed by atoms with Crippen LogP contribution in [0, 0.1) is 0 Å². The first-order valence-corrected chi connectivity index (χ1v) is 6.20. The Balaban J connectivity index is 2.47. The first-order chi connectivity index (χ1) is 8.24. The molecule has 0 aliphatic rings. The topological polar surface area (TPSA) is 46.2 Å². The number of unbranched alkanes of at least 4 members (excludes halogenated alkanes) is 1. The van der Waals surface area contributed by atoms with Crippen molar-refractivity contribution in [2.45, 2.75) is 32.2 Å². The van der Waals surface area contributed by atoms with Crippen molar-refractivity contribution < 1.29 is 5.11 Å². The monoisotopic (exact) mass is 229 g/mol. The van der Waals surface area contributed by atoms with Crippen LogP contribution in [0.2, 0.25) is 0 Å². The number of hydrogen-bond acceptors (Lipinski definition) is 2. The zero-order valence-electron chi connectivity index (χ0n) is 10.2. The van der Waals surface area contributed by atoms with Crippen LogP contribution in [0.3, 0.4) is 0 Å². The molecule has 0 aliphatic carbocycles. The standard InChI is InChI=1S/C15H19NO/c1-2-3-8-13(16)15-12-7-5-4-6-11(12)9-10-14(15)17/h4-7,9-10,13,17H,2-3,8,16H2,1H3/t13-/m0/s1. The van der Waals surface area contributed by atoms with Gasteiger partial charge in [-0.3, -0.25) is 0 Å². The maximum atomic E-state index is 10.00. The molecule has 2 heteroatoms. The largest absolute Gasteiger partial charge is 0.508 e. The van der Waals surface area contributed by atoms with Crippen LogP contribution in [-0.2, 0) is 0 Å². The minimum Gasteiger partial charge on any atom is -0.508 e. The highest BCUT2D eigenvalue weighted by molar-refractivity contribution is 5.88. The van der Waals surface area contributed by atoms with E-state index in [1.165, 1.54) is 0 Å². The summed E-state index contributed by atoms with van der Waals surface area (Å²) in [5.41, 5.74) is 7.07. The SMILES string of the molecule is CCCC[C@H](N)c1c(O)ccc2ccccc12. The lowest BCUT2D eigenvalue weighted by molar-refractivity contribution is 0.458. The molecule has 0 bridgehead atoms. The summed E-state index contributed by atoms with van der Waals surface area (Å²) in [5.74, 6) is 0.312.